The SMILES string of the molecule is CC(C)CN1CC(=O)Nc2cc(C(=O)O)ccc21. The van der Waals surface area contributed by atoms with Crippen LogP contribution in [0.1, 0.15) is 24.2 Å². The molecular weight excluding hydrogens is 232 g/mol. The van der Waals surface area contributed by atoms with E-state index >= 15 is 0 Å². The number of anilines is 2. The average Bonchev–Trinajstić information content (AvgIpc) is 2.26. The summed E-state index contributed by atoms with van der Waals surface area (Å²) in [5.74, 6) is -0.665. The van der Waals surface area contributed by atoms with Crippen molar-refractivity contribution in [2.75, 3.05) is 23.3 Å². The Bertz CT molecular complexity index is 497. The number of amides is 1. The van der Waals surface area contributed by atoms with Gasteiger partial charge in [0.2, 0.25) is 5.91 Å². The zero-order valence-corrected chi connectivity index (χ0v) is 10.4. The van der Waals surface area contributed by atoms with Gasteiger partial charge in [-0.15, -0.1) is 0 Å². The normalized spacial score (nSPS) is 14.4. The van der Waals surface area contributed by atoms with Gasteiger partial charge in [0, 0.05) is 6.54 Å². The van der Waals surface area contributed by atoms with E-state index in [9.17, 15) is 9.59 Å². The number of aromatic carboxylic acids is 1. The fourth-order valence-electron chi connectivity index (χ4n) is 2.10. The molecule has 2 N–H and O–H groups in total. The van der Waals surface area contributed by atoms with Gasteiger partial charge in [-0.05, 0) is 24.1 Å². The van der Waals surface area contributed by atoms with Gasteiger partial charge in [-0.2, -0.15) is 0 Å². The number of fused-ring (bicyclic) bond motifs is 1. The van der Waals surface area contributed by atoms with E-state index in [2.05, 4.69) is 19.2 Å². The predicted octanol–water partition coefficient (Wildman–Crippen LogP) is 1.80. The summed E-state index contributed by atoms with van der Waals surface area (Å²) in [6, 6.07) is 4.81. The molecule has 1 aliphatic heterocycles. The third-order valence-corrected chi connectivity index (χ3v) is 2.78. The molecule has 0 aromatic heterocycles. The number of carboxylic acids is 1. The van der Waals surface area contributed by atoms with Crippen molar-refractivity contribution < 1.29 is 14.7 Å². The van der Waals surface area contributed by atoms with Crippen LogP contribution in [0.4, 0.5) is 11.4 Å². The highest BCUT2D eigenvalue weighted by Gasteiger charge is 2.23. The van der Waals surface area contributed by atoms with Crippen LogP contribution in [-0.4, -0.2) is 30.1 Å². The van der Waals surface area contributed by atoms with E-state index in [1.165, 1.54) is 6.07 Å². The minimum absolute atomic E-state index is 0.106. The van der Waals surface area contributed by atoms with Crippen molar-refractivity contribution in [2.24, 2.45) is 5.92 Å². The number of benzene rings is 1. The summed E-state index contributed by atoms with van der Waals surface area (Å²) in [5.41, 5.74) is 1.64. The Morgan fingerprint density at radius 1 is 1.50 bits per heavy atom. The van der Waals surface area contributed by atoms with E-state index in [0.717, 1.165) is 12.2 Å². The van der Waals surface area contributed by atoms with Gasteiger partial charge in [-0.25, -0.2) is 4.79 Å². The zero-order valence-electron chi connectivity index (χ0n) is 10.4. The van der Waals surface area contributed by atoms with Gasteiger partial charge in [0.1, 0.15) is 0 Å². The molecule has 0 saturated heterocycles. The summed E-state index contributed by atoms with van der Waals surface area (Å²) in [7, 11) is 0. The van der Waals surface area contributed by atoms with E-state index in [1.807, 2.05) is 4.90 Å². The van der Waals surface area contributed by atoms with Crippen LogP contribution in [0.5, 0.6) is 0 Å². The lowest BCUT2D eigenvalue weighted by atomic mass is 10.1. The summed E-state index contributed by atoms with van der Waals surface area (Å²) in [4.78, 5) is 24.5. The van der Waals surface area contributed by atoms with E-state index in [1.54, 1.807) is 12.1 Å². The second-order valence-corrected chi connectivity index (χ2v) is 4.86. The summed E-state index contributed by atoms with van der Waals surface area (Å²) >= 11 is 0. The standard InChI is InChI=1S/C13H16N2O3/c1-8(2)6-15-7-12(16)14-10-5-9(13(17)18)3-4-11(10)15/h3-5,8H,6-7H2,1-2H3,(H,14,16)(H,17,18). The molecule has 0 fully saturated rings. The number of hydrogen-bond acceptors (Lipinski definition) is 3. The number of nitrogens with zero attached hydrogens (tertiary/aromatic N) is 1. The molecule has 0 saturated carbocycles. The fourth-order valence-corrected chi connectivity index (χ4v) is 2.10. The van der Waals surface area contributed by atoms with Crippen molar-refractivity contribution in [1.82, 2.24) is 0 Å². The van der Waals surface area contributed by atoms with Gasteiger partial charge in [-0.1, -0.05) is 13.8 Å². The third kappa shape index (κ3) is 2.45. The van der Waals surface area contributed by atoms with E-state index < -0.39 is 5.97 Å². The van der Waals surface area contributed by atoms with Crippen LogP contribution in [0.2, 0.25) is 0 Å². The number of hydrogen-bond donors (Lipinski definition) is 2. The van der Waals surface area contributed by atoms with Crippen LogP contribution >= 0.6 is 0 Å². The number of rotatable bonds is 3. The topological polar surface area (TPSA) is 69.6 Å². The Kier molecular flexibility index (Phi) is 3.23. The number of carbonyl (C=O) groups excluding carboxylic acids is 1. The molecule has 1 amide bonds. The molecule has 0 atom stereocenters. The van der Waals surface area contributed by atoms with Gasteiger partial charge in [-0.3, -0.25) is 4.79 Å². The molecule has 5 heteroatoms. The van der Waals surface area contributed by atoms with Crippen LogP contribution in [-0.2, 0) is 4.79 Å². The lowest BCUT2D eigenvalue weighted by Gasteiger charge is -2.32. The Balaban J connectivity index is 2.37. The van der Waals surface area contributed by atoms with E-state index in [0.29, 0.717) is 18.2 Å². The number of carbonyl (C=O) groups is 2. The Morgan fingerprint density at radius 3 is 2.83 bits per heavy atom. The van der Waals surface area contributed by atoms with Gasteiger partial charge in [0.15, 0.2) is 0 Å². The van der Waals surface area contributed by atoms with Crippen LogP contribution in [0.15, 0.2) is 18.2 Å². The first-order valence-electron chi connectivity index (χ1n) is 5.89. The lowest BCUT2D eigenvalue weighted by Crippen LogP contribution is -2.40. The molecule has 18 heavy (non-hydrogen) atoms. The first kappa shape index (κ1) is 12.4. The van der Waals surface area contributed by atoms with Crippen LogP contribution in [0.25, 0.3) is 0 Å². The van der Waals surface area contributed by atoms with Crippen molar-refractivity contribution in [3.8, 4) is 0 Å². The van der Waals surface area contributed by atoms with Crippen LogP contribution in [0, 0.1) is 5.92 Å². The van der Waals surface area contributed by atoms with E-state index in [4.69, 9.17) is 5.11 Å². The molecule has 2 rings (SSSR count). The van der Waals surface area contributed by atoms with Crippen LogP contribution in [0.3, 0.4) is 0 Å². The quantitative estimate of drug-likeness (QED) is 0.855. The van der Waals surface area contributed by atoms with Crippen molar-refractivity contribution in [2.45, 2.75) is 13.8 Å². The summed E-state index contributed by atoms with van der Waals surface area (Å²) in [6.07, 6.45) is 0. The van der Waals surface area contributed by atoms with Crippen molar-refractivity contribution in [1.29, 1.82) is 0 Å². The predicted molar refractivity (Wildman–Crippen MR) is 69.1 cm³/mol. The van der Waals surface area contributed by atoms with Crippen molar-refractivity contribution in [3.05, 3.63) is 23.8 Å². The maximum Gasteiger partial charge on any atom is 0.335 e. The molecule has 0 aliphatic carbocycles. The molecule has 0 radical (unpaired) electrons. The van der Waals surface area contributed by atoms with Crippen molar-refractivity contribution >= 4 is 23.3 Å². The third-order valence-electron chi connectivity index (χ3n) is 2.78. The molecule has 0 spiro atoms. The first-order valence-corrected chi connectivity index (χ1v) is 5.89. The molecule has 96 valence electrons. The summed E-state index contributed by atoms with van der Waals surface area (Å²) < 4.78 is 0. The van der Waals surface area contributed by atoms with E-state index in [-0.39, 0.29) is 11.5 Å². The lowest BCUT2D eigenvalue weighted by molar-refractivity contribution is -0.115. The molecule has 1 aromatic carbocycles. The maximum absolute atomic E-state index is 11.6. The molecule has 0 unspecified atom stereocenters. The molecule has 1 heterocycles. The highest BCUT2D eigenvalue weighted by molar-refractivity contribution is 6.03. The molecular formula is C13H16N2O3. The molecule has 0 bridgehead atoms. The second kappa shape index (κ2) is 4.68. The minimum atomic E-state index is -0.993. The maximum atomic E-state index is 11.6. The molecule has 5 nitrogen and oxygen atoms in total. The first-order chi connectivity index (χ1) is 8.47. The highest BCUT2D eigenvalue weighted by Crippen LogP contribution is 2.30. The Labute approximate surface area is 105 Å². The molecule has 1 aliphatic rings. The second-order valence-electron chi connectivity index (χ2n) is 4.86. The Morgan fingerprint density at radius 2 is 2.22 bits per heavy atom. The summed E-state index contributed by atoms with van der Waals surface area (Å²) in [6.45, 7) is 5.25. The molecule has 1 aromatic rings. The number of nitrogens with one attached hydrogen (secondary N) is 1. The minimum Gasteiger partial charge on any atom is -0.478 e. The fraction of sp³-hybridized carbons (Fsp3) is 0.385. The van der Waals surface area contributed by atoms with Gasteiger partial charge in [0.05, 0.1) is 23.5 Å². The van der Waals surface area contributed by atoms with Gasteiger partial charge >= 0.3 is 5.97 Å². The largest absolute Gasteiger partial charge is 0.478 e. The smallest absolute Gasteiger partial charge is 0.335 e. The zero-order chi connectivity index (χ0) is 13.3. The monoisotopic (exact) mass is 248 g/mol. The average molecular weight is 248 g/mol. The van der Waals surface area contributed by atoms with Gasteiger partial charge < -0.3 is 15.3 Å². The Hall–Kier alpha value is -2.04. The number of carboxylic acid groups (broad SMARTS) is 1. The highest BCUT2D eigenvalue weighted by atomic mass is 16.4. The summed E-state index contributed by atoms with van der Waals surface area (Å²) in [5, 5.41) is 11.7. The van der Waals surface area contributed by atoms with Gasteiger partial charge in [0.25, 0.3) is 0 Å². The van der Waals surface area contributed by atoms with Crippen LogP contribution < -0.4 is 10.2 Å². The van der Waals surface area contributed by atoms with Crippen molar-refractivity contribution in [3.63, 3.8) is 0 Å².